The highest BCUT2D eigenvalue weighted by atomic mass is 32.1. The van der Waals surface area contributed by atoms with Crippen LogP contribution in [-0.4, -0.2) is 53.8 Å². The van der Waals surface area contributed by atoms with Crippen LogP contribution in [0.2, 0.25) is 0 Å². The predicted molar refractivity (Wildman–Crippen MR) is 138 cm³/mol. The van der Waals surface area contributed by atoms with Gasteiger partial charge >= 0.3 is 12.2 Å². The molecule has 2 N–H and O–H groups in total. The van der Waals surface area contributed by atoms with Crippen molar-refractivity contribution in [2.75, 3.05) is 25.5 Å². The van der Waals surface area contributed by atoms with Crippen LogP contribution in [0.4, 0.5) is 23.0 Å². The molecular weight excluding hydrogens is 521 g/mol. The number of halogens is 3. The van der Waals surface area contributed by atoms with Crippen LogP contribution in [0.5, 0.6) is 5.75 Å². The van der Waals surface area contributed by atoms with E-state index in [-0.39, 0.29) is 10.6 Å². The molecule has 0 unspecified atom stereocenters. The van der Waals surface area contributed by atoms with Crippen molar-refractivity contribution in [2.45, 2.75) is 44.9 Å². The number of carbonyl (C=O) groups is 3. The molecule has 3 aromatic rings. The highest BCUT2D eigenvalue weighted by Gasteiger charge is 2.42. The standard InChI is InChI=1S/C15H17NO3.C11H10F3N3OS/c1-11-2-3-14-12(8-11)13(18)9-15(19-14)4-6-16(10-17)7-5-15;1-5-6-3-4-7(11(12,13)14)16-9(6)19-8(5)17-10(18)15-2/h2-3,8,10H,4-7,9H2,1H3;3-4H,1-2H3,(H2,15,17,18). The van der Waals surface area contributed by atoms with Gasteiger partial charge in [-0.25, -0.2) is 9.78 Å². The van der Waals surface area contributed by atoms with E-state index < -0.39 is 23.5 Å². The maximum Gasteiger partial charge on any atom is 0.433 e. The van der Waals surface area contributed by atoms with Gasteiger partial charge in [-0.2, -0.15) is 13.2 Å². The van der Waals surface area contributed by atoms with E-state index in [1.165, 1.54) is 13.1 Å². The van der Waals surface area contributed by atoms with E-state index in [9.17, 15) is 27.6 Å². The molecule has 5 rings (SSSR count). The van der Waals surface area contributed by atoms with Crippen molar-refractivity contribution in [3.8, 4) is 5.75 Å². The van der Waals surface area contributed by atoms with Crippen LogP contribution in [0.25, 0.3) is 10.2 Å². The lowest BCUT2D eigenvalue weighted by Crippen LogP contribution is -2.50. The Morgan fingerprint density at radius 2 is 1.89 bits per heavy atom. The first-order valence-electron chi connectivity index (χ1n) is 11.9. The fourth-order valence-corrected chi connectivity index (χ4v) is 5.54. The van der Waals surface area contributed by atoms with Crippen LogP contribution in [0.1, 0.15) is 46.4 Å². The molecular formula is C26H27F3N4O4S. The fourth-order valence-electron chi connectivity index (χ4n) is 4.47. The third-order valence-electron chi connectivity index (χ3n) is 6.65. The number of amides is 3. The second kappa shape index (κ2) is 10.6. The van der Waals surface area contributed by atoms with E-state index in [0.29, 0.717) is 46.8 Å². The van der Waals surface area contributed by atoms with Crippen LogP contribution in [-0.2, 0) is 11.0 Å². The summed E-state index contributed by atoms with van der Waals surface area (Å²) < 4.78 is 43.8. The number of alkyl halides is 3. The zero-order valence-corrected chi connectivity index (χ0v) is 21.9. The first kappa shape index (κ1) is 27.4. The number of Topliss-reactive ketones (excluding diaryl/α,β-unsaturated/α-hetero) is 1. The lowest BCUT2D eigenvalue weighted by atomic mass is 9.82. The van der Waals surface area contributed by atoms with E-state index >= 15 is 0 Å². The first-order valence-corrected chi connectivity index (χ1v) is 12.7. The number of thiophene rings is 1. The van der Waals surface area contributed by atoms with Crippen LogP contribution >= 0.6 is 11.3 Å². The third-order valence-corrected chi connectivity index (χ3v) is 7.77. The molecule has 0 bridgehead atoms. The molecule has 1 aromatic carbocycles. The second-order valence-corrected chi connectivity index (χ2v) is 10.3. The van der Waals surface area contributed by atoms with Crippen LogP contribution in [0.15, 0.2) is 30.3 Å². The van der Waals surface area contributed by atoms with Gasteiger partial charge in [0.1, 0.15) is 26.9 Å². The van der Waals surface area contributed by atoms with Gasteiger partial charge in [0.2, 0.25) is 6.41 Å². The van der Waals surface area contributed by atoms with Crippen molar-refractivity contribution in [3.63, 3.8) is 0 Å². The summed E-state index contributed by atoms with van der Waals surface area (Å²) >= 11 is 1.01. The molecule has 38 heavy (non-hydrogen) atoms. The molecule has 3 amide bonds. The minimum atomic E-state index is -4.47. The quantitative estimate of drug-likeness (QED) is 0.422. The summed E-state index contributed by atoms with van der Waals surface area (Å²) in [4.78, 5) is 39.8. The number of pyridine rings is 1. The zero-order valence-electron chi connectivity index (χ0n) is 21.1. The number of urea groups is 1. The normalized spacial score (nSPS) is 16.3. The highest BCUT2D eigenvalue weighted by Crippen LogP contribution is 2.39. The molecule has 8 nitrogen and oxygen atoms in total. The first-order chi connectivity index (χ1) is 17.9. The van der Waals surface area contributed by atoms with Gasteiger partial charge in [0.05, 0.1) is 12.0 Å². The number of aryl methyl sites for hydroxylation is 2. The molecule has 12 heteroatoms. The number of piperidine rings is 1. The Balaban J connectivity index is 0.000000177. The van der Waals surface area contributed by atoms with Crippen LogP contribution < -0.4 is 15.4 Å². The van der Waals surface area contributed by atoms with E-state index in [1.54, 1.807) is 11.8 Å². The minimum Gasteiger partial charge on any atom is -0.486 e. The number of rotatable bonds is 2. The lowest BCUT2D eigenvalue weighted by molar-refractivity contribution is -0.141. The summed E-state index contributed by atoms with van der Waals surface area (Å²) in [5, 5.41) is 6.02. The van der Waals surface area contributed by atoms with E-state index in [4.69, 9.17) is 4.74 Å². The monoisotopic (exact) mass is 548 g/mol. The Morgan fingerprint density at radius 1 is 1.18 bits per heavy atom. The number of nitrogens with one attached hydrogen (secondary N) is 2. The molecule has 0 atom stereocenters. The van der Waals surface area contributed by atoms with Crippen molar-refractivity contribution in [1.29, 1.82) is 0 Å². The largest absolute Gasteiger partial charge is 0.486 e. The summed E-state index contributed by atoms with van der Waals surface area (Å²) in [6.07, 6.45) is -1.72. The minimum absolute atomic E-state index is 0.157. The molecule has 0 saturated carbocycles. The van der Waals surface area contributed by atoms with Gasteiger partial charge in [-0.1, -0.05) is 23.0 Å². The van der Waals surface area contributed by atoms with Crippen molar-refractivity contribution >= 4 is 44.8 Å². The van der Waals surface area contributed by atoms with Crippen LogP contribution in [0, 0.1) is 13.8 Å². The molecule has 2 aliphatic rings. The molecule has 2 aromatic heterocycles. The molecule has 2 aliphatic heterocycles. The number of likely N-dealkylation sites (tertiary alicyclic amines) is 1. The van der Waals surface area contributed by atoms with Gasteiger partial charge in [-0.3, -0.25) is 14.9 Å². The Bertz CT molecular complexity index is 1380. The number of carbonyl (C=O) groups excluding carboxylic acids is 3. The predicted octanol–water partition coefficient (Wildman–Crippen LogP) is 5.33. The van der Waals surface area contributed by atoms with Gasteiger partial charge in [0.15, 0.2) is 5.78 Å². The third kappa shape index (κ3) is 5.74. The zero-order chi connectivity index (χ0) is 27.7. The number of benzene rings is 1. The number of aromatic nitrogens is 1. The maximum atomic E-state index is 12.6. The summed E-state index contributed by atoms with van der Waals surface area (Å²) in [6.45, 7) is 5.02. The van der Waals surface area contributed by atoms with Gasteiger partial charge < -0.3 is 15.0 Å². The molecule has 0 radical (unpaired) electrons. The molecule has 1 fully saturated rings. The number of ether oxygens (including phenoxy) is 1. The van der Waals surface area contributed by atoms with Gasteiger partial charge in [-0.05, 0) is 43.7 Å². The van der Waals surface area contributed by atoms with Crippen molar-refractivity contribution in [3.05, 3.63) is 52.7 Å². The molecule has 1 saturated heterocycles. The average molecular weight is 549 g/mol. The van der Waals surface area contributed by atoms with Crippen molar-refractivity contribution in [1.82, 2.24) is 15.2 Å². The van der Waals surface area contributed by atoms with Crippen LogP contribution in [0.3, 0.4) is 0 Å². The molecule has 0 aliphatic carbocycles. The Labute approximate surface area is 221 Å². The van der Waals surface area contributed by atoms with E-state index in [0.717, 1.165) is 42.2 Å². The number of nitrogens with zero attached hydrogens (tertiary/aromatic N) is 2. The van der Waals surface area contributed by atoms with E-state index in [2.05, 4.69) is 15.6 Å². The van der Waals surface area contributed by atoms with E-state index in [1.807, 2.05) is 25.1 Å². The Morgan fingerprint density at radius 3 is 2.53 bits per heavy atom. The lowest BCUT2D eigenvalue weighted by Gasteiger charge is -2.43. The smallest absolute Gasteiger partial charge is 0.433 e. The maximum absolute atomic E-state index is 12.6. The molecule has 202 valence electrons. The fraction of sp³-hybridized carbons (Fsp3) is 0.385. The summed E-state index contributed by atoms with van der Waals surface area (Å²) in [5.41, 5.74) is 1.13. The Kier molecular flexibility index (Phi) is 7.63. The van der Waals surface area contributed by atoms with Gasteiger partial charge in [0, 0.05) is 38.4 Å². The molecule has 4 heterocycles. The van der Waals surface area contributed by atoms with Gasteiger partial charge in [-0.15, -0.1) is 0 Å². The number of anilines is 1. The average Bonchev–Trinajstić information content (AvgIpc) is 3.19. The second-order valence-electron chi connectivity index (χ2n) is 9.33. The summed E-state index contributed by atoms with van der Waals surface area (Å²) in [6, 6.07) is 7.62. The number of hydrogen-bond donors (Lipinski definition) is 2. The van der Waals surface area contributed by atoms with Crippen molar-refractivity contribution < 1.29 is 32.3 Å². The molecule has 1 spiro atoms. The topological polar surface area (TPSA) is 101 Å². The number of hydrogen-bond acceptors (Lipinski definition) is 6. The van der Waals surface area contributed by atoms with Crippen molar-refractivity contribution in [2.24, 2.45) is 0 Å². The SMILES string of the molecule is CNC(=O)Nc1sc2nc(C(F)(F)F)ccc2c1C.Cc1ccc2c(c1)C(=O)CC1(CCN(C=O)CC1)O2. The number of ketones is 1. The number of fused-ring (bicyclic) bond motifs is 2. The Hall–Kier alpha value is -3.67. The highest BCUT2D eigenvalue weighted by molar-refractivity contribution is 7.22. The summed E-state index contributed by atoms with van der Waals surface area (Å²) in [5.74, 6) is 0.853. The summed E-state index contributed by atoms with van der Waals surface area (Å²) in [7, 11) is 1.46. The van der Waals surface area contributed by atoms with Gasteiger partial charge in [0.25, 0.3) is 0 Å².